The monoisotopic (exact) mass is 431 g/mol. The molecule has 0 saturated heterocycles. The lowest BCUT2D eigenvalue weighted by atomic mass is 10.2. The maximum Gasteiger partial charge on any atom is 0.256 e. The Bertz CT molecular complexity index is 1170. The molecule has 7 nitrogen and oxygen atoms in total. The van der Waals surface area contributed by atoms with E-state index in [0.29, 0.717) is 45.7 Å². The van der Waals surface area contributed by atoms with E-state index >= 15 is 0 Å². The van der Waals surface area contributed by atoms with Crippen LogP contribution in [0, 0.1) is 0 Å². The lowest BCUT2D eigenvalue weighted by Crippen LogP contribution is -2.17. The van der Waals surface area contributed by atoms with Gasteiger partial charge in [0.15, 0.2) is 9.84 Å². The third-order valence-corrected chi connectivity index (χ3v) is 6.21. The summed E-state index contributed by atoms with van der Waals surface area (Å²) in [6.45, 7) is 2.42. The number of sulfone groups is 1. The van der Waals surface area contributed by atoms with Crippen molar-refractivity contribution in [1.29, 1.82) is 0 Å². The summed E-state index contributed by atoms with van der Waals surface area (Å²) in [6.07, 6.45) is 0. The second kappa shape index (κ2) is 7.53. The van der Waals surface area contributed by atoms with Gasteiger partial charge < -0.3 is 10.1 Å². The fourth-order valence-corrected chi connectivity index (χ4v) is 4.81. The van der Waals surface area contributed by atoms with E-state index in [-0.39, 0.29) is 17.4 Å². The van der Waals surface area contributed by atoms with Crippen LogP contribution < -0.4 is 10.1 Å². The predicted octanol–water partition coefficient (Wildman–Crippen LogP) is 3.61. The normalized spacial score (nSPS) is 14.4. The highest BCUT2D eigenvalue weighted by atomic mass is 35.5. The van der Waals surface area contributed by atoms with Gasteiger partial charge in [0.25, 0.3) is 5.91 Å². The molecule has 0 unspecified atom stereocenters. The van der Waals surface area contributed by atoms with E-state index in [2.05, 4.69) is 10.4 Å². The number of carbonyl (C=O) groups is 1. The van der Waals surface area contributed by atoms with Crippen LogP contribution in [0.2, 0.25) is 5.02 Å². The molecule has 1 aliphatic heterocycles. The number of anilines is 1. The highest BCUT2D eigenvalue weighted by Gasteiger charge is 2.33. The molecular weight excluding hydrogens is 414 g/mol. The van der Waals surface area contributed by atoms with Crippen LogP contribution in [0.5, 0.6) is 5.75 Å². The number of hydrogen-bond donors (Lipinski definition) is 1. The molecular formula is C20H18ClN3O4S. The first-order valence-electron chi connectivity index (χ1n) is 8.97. The fourth-order valence-electron chi connectivity index (χ4n) is 3.19. The van der Waals surface area contributed by atoms with Crippen LogP contribution in [0.1, 0.15) is 28.5 Å². The summed E-state index contributed by atoms with van der Waals surface area (Å²) < 4.78 is 31.0. The van der Waals surface area contributed by atoms with Crippen molar-refractivity contribution in [3.63, 3.8) is 0 Å². The number of hydrogen-bond acceptors (Lipinski definition) is 5. The summed E-state index contributed by atoms with van der Waals surface area (Å²) >= 11 is 5.96. The number of ether oxygens (including phenoxy) is 1. The Balaban J connectivity index is 1.70. The molecule has 0 bridgehead atoms. The topological polar surface area (TPSA) is 90.3 Å². The van der Waals surface area contributed by atoms with Crippen LogP contribution in [0.4, 0.5) is 5.82 Å². The maximum atomic E-state index is 12.8. The van der Waals surface area contributed by atoms with Crippen LogP contribution in [0.3, 0.4) is 0 Å². The first-order valence-corrected chi connectivity index (χ1v) is 11.2. The molecule has 1 amide bonds. The smallest absolute Gasteiger partial charge is 0.256 e. The van der Waals surface area contributed by atoms with Gasteiger partial charge >= 0.3 is 0 Å². The van der Waals surface area contributed by atoms with Crippen LogP contribution in [0.25, 0.3) is 5.69 Å². The van der Waals surface area contributed by atoms with Gasteiger partial charge in [0.05, 0.1) is 29.5 Å². The van der Waals surface area contributed by atoms with Crippen LogP contribution in [-0.4, -0.2) is 30.7 Å². The second-order valence-electron chi connectivity index (χ2n) is 6.61. The van der Waals surface area contributed by atoms with Crippen molar-refractivity contribution in [2.45, 2.75) is 18.4 Å². The molecule has 1 N–H and O–H groups in total. The number of carbonyl (C=O) groups excluding carboxylic acids is 1. The predicted molar refractivity (Wildman–Crippen MR) is 110 cm³/mol. The maximum absolute atomic E-state index is 12.8. The van der Waals surface area contributed by atoms with Crippen molar-refractivity contribution >= 4 is 33.2 Å². The summed E-state index contributed by atoms with van der Waals surface area (Å²) in [5, 5.41) is 7.83. The third-order valence-electron chi connectivity index (χ3n) is 4.52. The number of nitrogens with zero attached hydrogens (tertiary/aromatic N) is 2. The van der Waals surface area contributed by atoms with E-state index in [9.17, 15) is 13.2 Å². The number of amides is 1. The zero-order valence-corrected chi connectivity index (χ0v) is 17.1. The second-order valence-corrected chi connectivity index (χ2v) is 9.11. The minimum Gasteiger partial charge on any atom is -0.494 e. The van der Waals surface area contributed by atoms with Crippen LogP contribution >= 0.6 is 11.6 Å². The standard InChI is InChI=1S/C20H18ClN3O4S/c1-2-28-16-9-3-13(4-10-16)20(25)22-19-17-11-29(26,27)12-18(17)23-24(19)15-7-5-14(21)6-8-15/h3-10H,2,11-12H2,1H3,(H,22,25). The lowest BCUT2D eigenvalue weighted by molar-refractivity contribution is 0.102. The number of fused-ring (bicyclic) bond motifs is 1. The van der Waals surface area contributed by atoms with Gasteiger partial charge in [-0.25, -0.2) is 13.1 Å². The largest absolute Gasteiger partial charge is 0.494 e. The number of rotatable bonds is 5. The summed E-state index contributed by atoms with van der Waals surface area (Å²) in [7, 11) is -3.27. The van der Waals surface area contributed by atoms with Crippen molar-refractivity contribution in [1.82, 2.24) is 9.78 Å². The quantitative estimate of drug-likeness (QED) is 0.666. The SMILES string of the molecule is CCOc1ccc(C(=O)Nc2c3c(nn2-c2ccc(Cl)cc2)CS(=O)(=O)C3)cc1. The molecule has 1 aliphatic rings. The van der Waals surface area contributed by atoms with Gasteiger partial charge in [-0.2, -0.15) is 5.10 Å². The Morgan fingerprint density at radius 3 is 2.48 bits per heavy atom. The number of halogens is 1. The molecule has 3 aromatic rings. The molecule has 0 fully saturated rings. The highest BCUT2D eigenvalue weighted by molar-refractivity contribution is 7.90. The summed E-state index contributed by atoms with van der Waals surface area (Å²) in [5.41, 5.74) is 2.05. The van der Waals surface area contributed by atoms with Crippen molar-refractivity contribution in [2.75, 3.05) is 11.9 Å². The molecule has 29 heavy (non-hydrogen) atoms. The molecule has 2 heterocycles. The third kappa shape index (κ3) is 3.99. The van der Waals surface area contributed by atoms with E-state index < -0.39 is 9.84 Å². The summed E-state index contributed by atoms with van der Waals surface area (Å²) in [5.74, 6) is 0.351. The summed E-state index contributed by atoms with van der Waals surface area (Å²) in [4.78, 5) is 12.8. The molecule has 4 rings (SSSR count). The molecule has 0 saturated carbocycles. The van der Waals surface area contributed by atoms with E-state index in [0.717, 1.165) is 0 Å². The van der Waals surface area contributed by atoms with Gasteiger partial charge in [0, 0.05) is 16.1 Å². The van der Waals surface area contributed by atoms with Crippen molar-refractivity contribution < 1.29 is 17.9 Å². The molecule has 2 aromatic carbocycles. The number of aromatic nitrogens is 2. The van der Waals surface area contributed by atoms with Crippen molar-refractivity contribution in [3.8, 4) is 11.4 Å². The minimum absolute atomic E-state index is 0.144. The van der Waals surface area contributed by atoms with Gasteiger partial charge in [-0.05, 0) is 55.5 Å². The molecule has 0 radical (unpaired) electrons. The average Bonchev–Trinajstić information content (AvgIpc) is 3.16. The average molecular weight is 432 g/mol. The summed E-state index contributed by atoms with van der Waals surface area (Å²) in [6, 6.07) is 13.7. The van der Waals surface area contributed by atoms with Crippen LogP contribution in [-0.2, 0) is 21.3 Å². The Kier molecular flexibility index (Phi) is 5.06. The number of benzene rings is 2. The van der Waals surface area contributed by atoms with E-state index in [1.54, 1.807) is 53.2 Å². The fraction of sp³-hybridized carbons (Fsp3) is 0.200. The van der Waals surface area contributed by atoms with E-state index in [1.807, 2.05) is 6.92 Å². The Morgan fingerprint density at radius 1 is 1.14 bits per heavy atom. The van der Waals surface area contributed by atoms with Gasteiger partial charge in [-0.15, -0.1) is 0 Å². The minimum atomic E-state index is -3.27. The molecule has 0 spiro atoms. The molecule has 9 heteroatoms. The molecule has 1 aromatic heterocycles. The molecule has 0 aliphatic carbocycles. The Labute approximate surface area is 173 Å². The van der Waals surface area contributed by atoms with Crippen molar-refractivity contribution in [3.05, 3.63) is 70.4 Å². The first kappa shape index (κ1) is 19.5. The highest BCUT2D eigenvalue weighted by Crippen LogP contribution is 2.33. The molecule has 0 atom stereocenters. The first-order chi connectivity index (χ1) is 13.9. The van der Waals surface area contributed by atoms with Gasteiger partial charge in [-0.3, -0.25) is 4.79 Å². The van der Waals surface area contributed by atoms with Crippen molar-refractivity contribution in [2.24, 2.45) is 0 Å². The van der Waals surface area contributed by atoms with Crippen LogP contribution in [0.15, 0.2) is 48.5 Å². The zero-order valence-electron chi connectivity index (χ0n) is 15.6. The van der Waals surface area contributed by atoms with Gasteiger partial charge in [0.1, 0.15) is 11.6 Å². The Morgan fingerprint density at radius 2 is 1.83 bits per heavy atom. The Hall–Kier alpha value is -2.84. The van der Waals surface area contributed by atoms with Gasteiger partial charge in [-0.1, -0.05) is 11.6 Å². The van der Waals surface area contributed by atoms with E-state index in [1.165, 1.54) is 0 Å². The molecule has 150 valence electrons. The van der Waals surface area contributed by atoms with E-state index in [4.69, 9.17) is 16.3 Å². The zero-order chi connectivity index (χ0) is 20.6. The van der Waals surface area contributed by atoms with Gasteiger partial charge in [0.2, 0.25) is 0 Å². The number of nitrogens with one attached hydrogen (secondary N) is 1. The lowest BCUT2D eigenvalue weighted by Gasteiger charge is -2.12.